The number of amides is 1. The van der Waals surface area contributed by atoms with Gasteiger partial charge >= 0.3 is 0 Å². The molecule has 0 bridgehead atoms. The molecule has 96 valence electrons. The van der Waals surface area contributed by atoms with E-state index in [1.54, 1.807) is 28.8 Å². The number of nitrogens with zero attached hydrogens (tertiary/aromatic N) is 2. The van der Waals surface area contributed by atoms with Crippen molar-refractivity contribution in [2.45, 2.75) is 19.8 Å². The van der Waals surface area contributed by atoms with Gasteiger partial charge in [-0.3, -0.25) is 4.79 Å². The maximum Gasteiger partial charge on any atom is 0.270 e. The van der Waals surface area contributed by atoms with E-state index >= 15 is 0 Å². The second kappa shape index (κ2) is 6.30. The Morgan fingerprint density at radius 1 is 1.53 bits per heavy atom. The van der Waals surface area contributed by atoms with Crippen LogP contribution in [0.1, 0.15) is 30.3 Å². The molecule has 1 heterocycles. The van der Waals surface area contributed by atoms with E-state index in [0.717, 1.165) is 12.8 Å². The van der Waals surface area contributed by atoms with E-state index in [2.05, 4.69) is 6.92 Å². The van der Waals surface area contributed by atoms with Crippen LogP contribution in [-0.4, -0.2) is 40.2 Å². The molecule has 0 fully saturated rings. The summed E-state index contributed by atoms with van der Waals surface area (Å²) in [6.07, 6.45) is 3.67. The van der Waals surface area contributed by atoms with Crippen molar-refractivity contribution in [2.75, 3.05) is 25.4 Å². The summed E-state index contributed by atoms with van der Waals surface area (Å²) in [5.74, 6) is -0.0771. The molecule has 17 heavy (non-hydrogen) atoms. The van der Waals surface area contributed by atoms with Crippen LogP contribution in [0.4, 0.5) is 5.69 Å². The summed E-state index contributed by atoms with van der Waals surface area (Å²) in [5, 5.41) is 8.98. The van der Waals surface area contributed by atoms with Crippen LogP contribution >= 0.6 is 0 Å². The lowest BCUT2D eigenvalue weighted by molar-refractivity contribution is 0.0710. The number of hydrogen-bond donors (Lipinski definition) is 2. The lowest BCUT2D eigenvalue weighted by Crippen LogP contribution is -2.35. The molecule has 1 amide bonds. The van der Waals surface area contributed by atoms with E-state index in [0.29, 0.717) is 24.5 Å². The second-order valence-corrected chi connectivity index (χ2v) is 4.14. The number of aromatic nitrogens is 1. The monoisotopic (exact) mass is 239 g/mol. The third-order valence-electron chi connectivity index (χ3n) is 2.68. The highest BCUT2D eigenvalue weighted by molar-refractivity contribution is 5.93. The molecule has 0 aliphatic carbocycles. The maximum atomic E-state index is 12.2. The van der Waals surface area contributed by atoms with Gasteiger partial charge < -0.3 is 20.3 Å². The van der Waals surface area contributed by atoms with Crippen LogP contribution in [0.25, 0.3) is 0 Å². The molecule has 1 aromatic rings. The predicted octanol–water partition coefficient (Wildman–Crippen LogP) is 0.842. The summed E-state index contributed by atoms with van der Waals surface area (Å²) < 4.78 is 1.72. The van der Waals surface area contributed by atoms with Gasteiger partial charge in [0.25, 0.3) is 5.91 Å². The van der Waals surface area contributed by atoms with Gasteiger partial charge in [0.2, 0.25) is 0 Å². The van der Waals surface area contributed by atoms with Crippen molar-refractivity contribution in [3.8, 4) is 0 Å². The molecular weight excluding hydrogens is 218 g/mol. The Morgan fingerprint density at radius 2 is 2.24 bits per heavy atom. The van der Waals surface area contributed by atoms with Crippen LogP contribution in [0, 0.1) is 0 Å². The van der Waals surface area contributed by atoms with Gasteiger partial charge in [0.1, 0.15) is 5.69 Å². The average Bonchev–Trinajstić information content (AvgIpc) is 2.63. The molecule has 0 radical (unpaired) electrons. The number of carbonyl (C=O) groups is 1. The number of rotatable bonds is 6. The smallest absolute Gasteiger partial charge is 0.270 e. The highest BCUT2D eigenvalue weighted by atomic mass is 16.3. The zero-order valence-corrected chi connectivity index (χ0v) is 10.5. The van der Waals surface area contributed by atoms with Gasteiger partial charge in [0, 0.05) is 26.3 Å². The van der Waals surface area contributed by atoms with Crippen molar-refractivity contribution in [1.29, 1.82) is 0 Å². The SMILES string of the molecule is CCCCN(CCO)C(=O)c1cc(N)cn1C. The molecule has 0 saturated heterocycles. The van der Waals surface area contributed by atoms with Crippen molar-refractivity contribution in [2.24, 2.45) is 7.05 Å². The van der Waals surface area contributed by atoms with Crippen molar-refractivity contribution in [1.82, 2.24) is 9.47 Å². The van der Waals surface area contributed by atoms with E-state index < -0.39 is 0 Å². The molecule has 3 N–H and O–H groups in total. The minimum absolute atomic E-state index is 0.0185. The average molecular weight is 239 g/mol. The Bertz CT molecular complexity index is 374. The number of nitrogen functional groups attached to an aromatic ring is 1. The van der Waals surface area contributed by atoms with Crippen LogP contribution in [0.15, 0.2) is 12.3 Å². The summed E-state index contributed by atoms with van der Waals surface area (Å²) >= 11 is 0. The van der Waals surface area contributed by atoms with Crippen LogP contribution in [-0.2, 0) is 7.05 Å². The van der Waals surface area contributed by atoms with E-state index in [9.17, 15) is 4.79 Å². The number of carbonyl (C=O) groups excluding carboxylic acids is 1. The fraction of sp³-hybridized carbons (Fsp3) is 0.583. The van der Waals surface area contributed by atoms with Gasteiger partial charge in [-0.25, -0.2) is 0 Å². The minimum atomic E-state index is -0.0771. The van der Waals surface area contributed by atoms with Crippen molar-refractivity contribution >= 4 is 11.6 Å². The molecule has 0 saturated carbocycles. The Balaban J connectivity index is 2.79. The van der Waals surface area contributed by atoms with Crippen LogP contribution in [0.5, 0.6) is 0 Å². The minimum Gasteiger partial charge on any atom is -0.397 e. The van der Waals surface area contributed by atoms with Crippen molar-refractivity contribution in [3.63, 3.8) is 0 Å². The molecule has 0 unspecified atom stereocenters. The summed E-state index contributed by atoms with van der Waals surface area (Å²) in [6, 6.07) is 1.67. The number of anilines is 1. The summed E-state index contributed by atoms with van der Waals surface area (Å²) in [6.45, 7) is 3.09. The molecule has 5 nitrogen and oxygen atoms in total. The first-order valence-corrected chi connectivity index (χ1v) is 5.92. The molecule has 0 spiro atoms. The quantitative estimate of drug-likeness (QED) is 0.772. The second-order valence-electron chi connectivity index (χ2n) is 4.14. The van der Waals surface area contributed by atoms with Gasteiger partial charge in [-0.05, 0) is 12.5 Å². The number of aryl methyl sites for hydroxylation is 1. The lowest BCUT2D eigenvalue weighted by Gasteiger charge is -2.21. The Hall–Kier alpha value is -1.49. The Kier molecular flexibility index (Phi) is 5.03. The standard InChI is InChI=1S/C12H21N3O2/c1-3-4-5-15(6-7-16)12(17)11-8-10(13)9-14(11)2/h8-9,16H,3-7,13H2,1-2H3. The van der Waals surface area contributed by atoms with Gasteiger partial charge in [-0.1, -0.05) is 13.3 Å². The van der Waals surface area contributed by atoms with Gasteiger partial charge in [-0.2, -0.15) is 0 Å². The zero-order chi connectivity index (χ0) is 12.8. The molecule has 1 aromatic heterocycles. The lowest BCUT2D eigenvalue weighted by atomic mass is 10.3. The Labute approximate surface area is 102 Å². The number of aliphatic hydroxyl groups is 1. The van der Waals surface area contributed by atoms with Gasteiger partial charge in [0.05, 0.1) is 12.3 Å². The first kappa shape index (κ1) is 13.6. The highest BCUT2D eigenvalue weighted by Crippen LogP contribution is 2.12. The third kappa shape index (κ3) is 3.49. The molecule has 1 rings (SSSR count). The van der Waals surface area contributed by atoms with E-state index in [1.807, 2.05) is 0 Å². The molecular formula is C12H21N3O2. The van der Waals surface area contributed by atoms with Gasteiger partial charge in [0.15, 0.2) is 0 Å². The molecule has 0 aliphatic rings. The van der Waals surface area contributed by atoms with E-state index in [4.69, 9.17) is 10.8 Å². The normalized spacial score (nSPS) is 10.5. The van der Waals surface area contributed by atoms with Crippen LogP contribution in [0.2, 0.25) is 0 Å². The topological polar surface area (TPSA) is 71.5 Å². The first-order valence-electron chi connectivity index (χ1n) is 5.92. The predicted molar refractivity (Wildman–Crippen MR) is 67.7 cm³/mol. The maximum absolute atomic E-state index is 12.2. The first-order chi connectivity index (χ1) is 8.10. The molecule has 0 atom stereocenters. The number of aliphatic hydroxyl groups excluding tert-OH is 1. The summed E-state index contributed by atoms with van der Waals surface area (Å²) in [7, 11) is 1.79. The molecule has 0 aromatic carbocycles. The highest BCUT2D eigenvalue weighted by Gasteiger charge is 2.17. The zero-order valence-electron chi connectivity index (χ0n) is 10.5. The summed E-state index contributed by atoms with van der Waals surface area (Å²) in [4.78, 5) is 13.9. The Morgan fingerprint density at radius 3 is 2.71 bits per heavy atom. The largest absolute Gasteiger partial charge is 0.397 e. The molecule has 5 heteroatoms. The van der Waals surface area contributed by atoms with E-state index in [-0.39, 0.29) is 12.5 Å². The number of hydrogen-bond acceptors (Lipinski definition) is 3. The number of nitrogens with two attached hydrogens (primary N) is 1. The molecule has 0 aliphatic heterocycles. The van der Waals surface area contributed by atoms with Crippen LogP contribution in [0.3, 0.4) is 0 Å². The summed E-state index contributed by atoms with van der Waals surface area (Å²) in [5.41, 5.74) is 6.79. The van der Waals surface area contributed by atoms with Crippen LogP contribution < -0.4 is 5.73 Å². The van der Waals surface area contributed by atoms with Crippen molar-refractivity contribution < 1.29 is 9.90 Å². The fourth-order valence-corrected chi connectivity index (χ4v) is 1.75. The third-order valence-corrected chi connectivity index (χ3v) is 2.68. The fourth-order valence-electron chi connectivity index (χ4n) is 1.75. The van der Waals surface area contributed by atoms with Gasteiger partial charge in [-0.15, -0.1) is 0 Å². The number of unbranched alkanes of at least 4 members (excludes halogenated alkanes) is 1. The van der Waals surface area contributed by atoms with Crippen molar-refractivity contribution in [3.05, 3.63) is 18.0 Å². The van der Waals surface area contributed by atoms with E-state index in [1.165, 1.54) is 0 Å².